The molecule has 0 aromatic heterocycles. The predicted molar refractivity (Wildman–Crippen MR) is 233 cm³/mol. The summed E-state index contributed by atoms with van der Waals surface area (Å²) >= 11 is 0. The molecule has 324 valence electrons. The molecule has 0 fully saturated rings. The summed E-state index contributed by atoms with van der Waals surface area (Å²) in [5.41, 5.74) is 0. The minimum Gasteiger partial charge on any atom is -0.462 e. The molecule has 0 heterocycles. The molecule has 56 heavy (non-hydrogen) atoms. The Balaban J connectivity index is 4.45. The second kappa shape index (κ2) is 38.2. The number of phosphoric acid groups is 1. The van der Waals surface area contributed by atoms with Gasteiger partial charge in [-0.1, -0.05) is 139 Å². The summed E-state index contributed by atoms with van der Waals surface area (Å²) in [7, 11) is 1.44. The summed E-state index contributed by atoms with van der Waals surface area (Å²) in [6.07, 6.45) is 45.5. The molecule has 0 saturated heterocycles. The first kappa shape index (κ1) is 53.7. The number of ether oxygens (including phenoxy) is 2. The van der Waals surface area contributed by atoms with E-state index >= 15 is 0 Å². The number of phosphoric ester groups is 1. The maximum Gasteiger partial charge on any atom is 0.472 e. The number of quaternary nitrogens is 1. The number of allylic oxidation sites excluding steroid dienone is 10. The number of carbonyl (C=O) groups excluding carboxylic acids is 2. The van der Waals surface area contributed by atoms with Crippen LogP contribution in [-0.4, -0.2) is 74.9 Å². The molecule has 0 spiro atoms. The van der Waals surface area contributed by atoms with Crippen molar-refractivity contribution in [2.75, 3.05) is 47.5 Å². The van der Waals surface area contributed by atoms with E-state index in [4.69, 9.17) is 18.5 Å². The largest absolute Gasteiger partial charge is 0.472 e. The van der Waals surface area contributed by atoms with E-state index in [1.54, 1.807) is 0 Å². The number of rotatable bonds is 39. The van der Waals surface area contributed by atoms with Crippen molar-refractivity contribution >= 4 is 19.8 Å². The van der Waals surface area contributed by atoms with Crippen molar-refractivity contribution in [3.8, 4) is 0 Å². The second-order valence-electron chi connectivity index (χ2n) is 15.7. The van der Waals surface area contributed by atoms with E-state index in [1.807, 2.05) is 21.1 Å². The minimum absolute atomic E-state index is 0.0215. The summed E-state index contributed by atoms with van der Waals surface area (Å²) in [5, 5.41) is 0. The molecule has 0 aliphatic carbocycles. The summed E-state index contributed by atoms with van der Waals surface area (Å²) < 4.78 is 34.3. The average molecular weight is 809 g/mol. The van der Waals surface area contributed by atoms with Crippen LogP contribution in [-0.2, 0) is 32.7 Å². The van der Waals surface area contributed by atoms with Gasteiger partial charge in [0.2, 0.25) is 0 Å². The van der Waals surface area contributed by atoms with Crippen molar-refractivity contribution in [2.45, 2.75) is 174 Å². The van der Waals surface area contributed by atoms with Crippen molar-refractivity contribution in [3.05, 3.63) is 60.8 Å². The molecule has 0 aromatic carbocycles. The standard InChI is InChI=1S/C46H82NO8P/c1-6-8-10-12-14-16-18-20-22-23-25-27-29-31-33-35-37-39-46(49)55-44(43-54-56(50,51)53-41-40-47(3,4)5)42-52-45(48)38-36-34-32-30-28-26-24-21-19-17-15-13-11-9-7-2/h10,12,16,18,21-24,27,29,44H,6-9,11,13-15,17,19-20,25-26,28,30-43H2,1-5H3/p+1/b12-10+,18-16+,23-22+,24-21+,29-27+/t44-/m1/s1. The number of unbranched alkanes of at least 4 members (excludes halogenated alkanes) is 15. The van der Waals surface area contributed by atoms with Crippen LogP contribution < -0.4 is 0 Å². The predicted octanol–water partition coefficient (Wildman–Crippen LogP) is 12.5. The quantitative estimate of drug-likeness (QED) is 0.0215. The minimum atomic E-state index is -4.39. The maximum atomic E-state index is 12.7. The molecule has 0 rings (SSSR count). The van der Waals surface area contributed by atoms with Crippen LogP contribution in [0.15, 0.2) is 60.8 Å². The van der Waals surface area contributed by atoms with Gasteiger partial charge >= 0.3 is 19.8 Å². The number of hydrogen-bond donors (Lipinski definition) is 1. The molecule has 0 bridgehead atoms. The molecule has 0 radical (unpaired) electrons. The molecule has 0 saturated carbocycles. The van der Waals surface area contributed by atoms with Gasteiger partial charge in [0.05, 0.1) is 27.7 Å². The third kappa shape index (κ3) is 41.3. The summed E-state index contributed by atoms with van der Waals surface area (Å²) in [5.74, 6) is -0.849. The first-order chi connectivity index (χ1) is 27.0. The van der Waals surface area contributed by atoms with E-state index in [1.165, 1.54) is 51.4 Å². The number of carbonyl (C=O) groups is 2. The fourth-order valence-electron chi connectivity index (χ4n) is 5.53. The van der Waals surface area contributed by atoms with Gasteiger partial charge in [0.25, 0.3) is 0 Å². The van der Waals surface area contributed by atoms with Crippen LogP contribution in [0.25, 0.3) is 0 Å². The normalized spacial score (nSPS) is 14.2. The summed E-state index contributed by atoms with van der Waals surface area (Å²) in [6, 6.07) is 0. The van der Waals surface area contributed by atoms with Gasteiger partial charge in [-0.15, -0.1) is 0 Å². The highest BCUT2D eigenvalue weighted by Crippen LogP contribution is 2.43. The van der Waals surface area contributed by atoms with Gasteiger partial charge in [-0.3, -0.25) is 18.6 Å². The molecule has 0 aliphatic rings. The molecular weight excluding hydrogens is 725 g/mol. The highest BCUT2D eigenvalue weighted by atomic mass is 31.2. The number of hydrogen-bond acceptors (Lipinski definition) is 7. The van der Waals surface area contributed by atoms with Crippen LogP contribution in [0, 0.1) is 0 Å². The van der Waals surface area contributed by atoms with Gasteiger partial charge < -0.3 is 18.9 Å². The zero-order chi connectivity index (χ0) is 41.4. The van der Waals surface area contributed by atoms with Crippen LogP contribution in [0.1, 0.15) is 168 Å². The van der Waals surface area contributed by atoms with Crippen LogP contribution in [0.5, 0.6) is 0 Å². The average Bonchev–Trinajstić information content (AvgIpc) is 3.15. The van der Waals surface area contributed by atoms with Crippen molar-refractivity contribution < 1.29 is 42.1 Å². The van der Waals surface area contributed by atoms with E-state index in [0.29, 0.717) is 17.4 Å². The fourth-order valence-corrected chi connectivity index (χ4v) is 6.27. The Morgan fingerprint density at radius 2 is 1.00 bits per heavy atom. The Kier molecular flexibility index (Phi) is 36.7. The molecule has 0 amide bonds. The van der Waals surface area contributed by atoms with Crippen LogP contribution in [0.3, 0.4) is 0 Å². The Morgan fingerprint density at radius 1 is 0.554 bits per heavy atom. The molecule has 2 atom stereocenters. The second-order valence-corrected chi connectivity index (χ2v) is 17.2. The van der Waals surface area contributed by atoms with Crippen LogP contribution in [0.4, 0.5) is 0 Å². The van der Waals surface area contributed by atoms with Crippen molar-refractivity contribution in [1.29, 1.82) is 0 Å². The van der Waals surface area contributed by atoms with E-state index < -0.39 is 26.5 Å². The number of esters is 2. The first-order valence-electron chi connectivity index (χ1n) is 22.0. The molecule has 9 nitrogen and oxygen atoms in total. The zero-order valence-corrected chi connectivity index (χ0v) is 37.2. The van der Waals surface area contributed by atoms with E-state index in [-0.39, 0.29) is 32.0 Å². The van der Waals surface area contributed by atoms with E-state index in [9.17, 15) is 19.0 Å². The smallest absolute Gasteiger partial charge is 0.462 e. The molecular formula is C46H83NO8P+. The third-order valence-electron chi connectivity index (χ3n) is 9.00. The Bertz CT molecular complexity index is 1140. The molecule has 10 heteroatoms. The number of likely N-dealkylation sites (N-methyl/N-ethyl adjacent to an activating group) is 1. The van der Waals surface area contributed by atoms with Gasteiger partial charge in [-0.25, -0.2) is 4.57 Å². The zero-order valence-electron chi connectivity index (χ0n) is 36.3. The Labute approximate surface area is 343 Å². The van der Waals surface area contributed by atoms with Crippen LogP contribution >= 0.6 is 7.82 Å². The fraction of sp³-hybridized carbons (Fsp3) is 0.739. The van der Waals surface area contributed by atoms with Crippen molar-refractivity contribution in [2.24, 2.45) is 0 Å². The van der Waals surface area contributed by atoms with Gasteiger partial charge in [0, 0.05) is 12.8 Å². The van der Waals surface area contributed by atoms with E-state index in [2.05, 4.69) is 74.6 Å². The summed E-state index contributed by atoms with van der Waals surface area (Å²) in [6.45, 7) is 4.29. The lowest BCUT2D eigenvalue weighted by Gasteiger charge is -2.24. The van der Waals surface area contributed by atoms with Gasteiger partial charge in [-0.2, -0.15) is 0 Å². The van der Waals surface area contributed by atoms with E-state index in [0.717, 1.165) is 83.5 Å². The first-order valence-corrected chi connectivity index (χ1v) is 23.5. The molecule has 0 aliphatic heterocycles. The van der Waals surface area contributed by atoms with Gasteiger partial charge in [0.15, 0.2) is 6.10 Å². The highest BCUT2D eigenvalue weighted by molar-refractivity contribution is 7.47. The van der Waals surface area contributed by atoms with Crippen molar-refractivity contribution in [3.63, 3.8) is 0 Å². The third-order valence-corrected chi connectivity index (χ3v) is 9.99. The van der Waals surface area contributed by atoms with Crippen LogP contribution in [0.2, 0.25) is 0 Å². The lowest BCUT2D eigenvalue weighted by atomic mass is 10.1. The summed E-state index contributed by atoms with van der Waals surface area (Å²) in [4.78, 5) is 35.3. The molecule has 1 unspecified atom stereocenters. The van der Waals surface area contributed by atoms with Gasteiger partial charge in [0.1, 0.15) is 19.8 Å². The lowest BCUT2D eigenvalue weighted by molar-refractivity contribution is -0.870. The number of nitrogens with zero attached hydrogens (tertiary/aromatic N) is 1. The Hall–Kier alpha value is -2.29. The Morgan fingerprint density at radius 3 is 1.54 bits per heavy atom. The molecule has 1 N–H and O–H groups in total. The maximum absolute atomic E-state index is 12.7. The van der Waals surface area contributed by atoms with Gasteiger partial charge in [-0.05, 0) is 77.0 Å². The molecule has 0 aromatic rings. The van der Waals surface area contributed by atoms with Crippen molar-refractivity contribution in [1.82, 2.24) is 0 Å². The topological polar surface area (TPSA) is 108 Å². The SMILES string of the molecule is CCC/C=C/C/C=C/C/C=C/C/C=C/CCCCCC(=O)O[C@H](COC(=O)CCCCCCC/C=C/CCCCCCCC)COP(=O)(O)OCC[N+](C)(C)C. The monoisotopic (exact) mass is 809 g/mol. The lowest BCUT2D eigenvalue weighted by Crippen LogP contribution is -2.37. The highest BCUT2D eigenvalue weighted by Gasteiger charge is 2.27.